The molecule has 0 saturated carbocycles. The third-order valence-corrected chi connectivity index (χ3v) is 2.82. The Kier molecular flexibility index (Phi) is 3.96. The number of hydrogen-bond acceptors (Lipinski definition) is 1. The summed E-state index contributed by atoms with van der Waals surface area (Å²) in [5, 5.41) is 2.74. The van der Waals surface area contributed by atoms with Crippen LogP contribution in [-0.4, -0.2) is 5.91 Å². The van der Waals surface area contributed by atoms with Crippen molar-refractivity contribution in [1.29, 1.82) is 0 Å². The van der Waals surface area contributed by atoms with Gasteiger partial charge in [-0.25, -0.2) is 0 Å². The van der Waals surface area contributed by atoms with Crippen LogP contribution < -0.4 is 5.32 Å². The smallest absolute Gasteiger partial charge is 0.221 e. The highest BCUT2D eigenvalue weighted by atomic mass is 79.9. The molecule has 1 N–H and O–H groups in total. The molecule has 1 aromatic carbocycles. The number of carbonyl (C=O) groups excluding carboxylic acids is 1. The zero-order chi connectivity index (χ0) is 10.7. The molecule has 76 valence electrons. The van der Waals surface area contributed by atoms with Crippen LogP contribution in [0, 0.1) is 6.92 Å². The minimum atomic E-state index is -0.0799. The maximum Gasteiger partial charge on any atom is 0.221 e. The van der Waals surface area contributed by atoms with Crippen molar-refractivity contribution in [2.45, 2.75) is 19.7 Å². The van der Waals surface area contributed by atoms with Crippen LogP contribution in [0.5, 0.6) is 0 Å². The zero-order valence-corrected chi connectivity index (χ0v) is 10.4. The SMILES string of the molecule is CC(=O)Nc1cc(C)c(CCl)cc1Br. The van der Waals surface area contributed by atoms with E-state index in [2.05, 4.69) is 21.2 Å². The fourth-order valence-corrected chi connectivity index (χ4v) is 1.93. The van der Waals surface area contributed by atoms with Crippen LogP contribution in [0.3, 0.4) is 0 Å². The first-order valence-electron chi connectivity index (χ1n) is 4.17. The molecule has 1 rings (SSSR count). The van der Waals surface area contributed by atoms with Crippen molar-refractivity contribution in [3.63, 3.8) is 0 Å². The van der Waals surface area contributed by atoms with Gasteiger partial charge in [0.25, 0.3) is 0 Å². The topological polar surface area (TPSA) is 29.1 Å². The fraction of sp³-hybridized carbons (Fsp3) is 0.300. The first-order chi connectivity index (χ1) is 6.54. The first-order valence-corrected chi connectivity index (χ1v) is 5.50. The van der Waals surface area contributed by atoms with Gasteiger partial charge in [0.2, 0.25) is 5.91 Å². The van der Waals surface area contributed by atoms with Crippen molar-refractivity contribution in [2.75, 3.05) is 5.32 Å². The number of nitrogens with one attached hydrogen (secondary N) is 1. The molecule has 0 saturated heterocycles. The average Bonchev–Trinajstić information content (AvgIpc) is 2.10. The Balaban J connectivity index is 3.08. The van der Waals surface area contributed by atoms with Crippen LogP contribution in [0.2, 0.25) is 0 Å². The van der Waals surface area contributed by atoms with Gasteiger partial charge in [0, 0.05) is 17.3 Å². The van der Waals surface area contributed by atoms with Gasteiger partial charge in [0.1, 0.15) is 0 Å². The van der Waals surface area contributed by atoms with E-state index in [4.69, 9.17) is 11.6 Å². The van der Waals surface area contributed by atoms with Gasteiger partial charge in [0.15, 0.2) is 0 Å². The summed E-state index contributed by atoms with van der Waals surface area (Å²) in [6, 6.07) is 3.83. The zero-order valence-electron chi connectivity index (χ0n) is 8.03. The van der Waals surface area contributed by atoms with Gasteiger partial charge in [-0.1, -0.05) is 0 Å². The molecule has 0 aliphatic heterocycles. The number of alkyl halides is 1. The number of benzene rings is 1. The van der Waals surface area contributed by atoms with E-state index >= 15 is 0 Å². The summed E-state index contributed by atoms with van der Waals surface area (Å²) >= 11 is 9.13. The Bertz CT molecular complexity index is 365. The third-order valence-electron chi connectivity index (χ3n) is 1.88. The molecular weight excluding hydrogens is 265 g/mol. The van der Waals surface area contributed by atoms with E-state index in [-0.39, 0.29) is 5.91 Å². The lowest BCUT2D eigenvalue weighted by molar-refractivity contribution is -0.114. The third kappa shape index (κ3) is 2.72. The van der Waals surface area contributed by atoms with E-state index in [9.17, 15) is 4.79 Å². The Morgan fingerprint density at radius 1 is 1.57 bits per heavy atom. The molecule has 0 fully saturated rings. The monoisotopic (exact) mass is 275 g/mol. The van der Waals surface area contributed by atoms with Gasteiger partial charge in [-0.3, -0.25) is 4.79 Å². The van der Waals surface area contributed by atoms with E-state index < -0.39 is 0 Å². The predicted molar refractivity (Wildman–Crippen MR) is 62.7 cm³/mol. The second-order valence-corrected chi connectivity index (χ2v) is 4.19. The highest BCUT2D eigenvalue weighted by molar-refractivity contribution is 9.10. The number of carbonyl (C=O) groups is 1. The number of halogens is 2. The number of aryl methyl sites for hydroxylation is 1. The van der Waals surface area contributed by atoms with Crippen molar-refractivity contribution in [1.82, 2.24) is 0 Å². The van der Waals surface area contributed by atoms with Gasteiger partial charge in [-0.05, 0) is 46.1 Å². The Hall–Kier alpha value is -0.540. The lowest BCUT2D eigenvalue weighted by Crippen LogP contribution is -2.07. The molecule has 0 aliphatic carbocycles. The van der Waals surface area contributed by atoms with Crippen LogP contribution in [0.1, 0.15) is 18.1 Å². The van der Waals surface area contributed by atoms with Crippen molar-refractivity contribution >= 4 is 39.1 Å². The van der Waals surface area contributed by atoms with Crippen LogP contribution in [0.15, 0.2) is 16.6 Å². The molecule has 1 aromatic rings. The Labute approximate surface area is 96.8 Å². The summed E-state index contributed by atoms with van der Waals surface area (Å²) in [5.41, 5.74) is 2.92. The van der Waals surface area contributed by atoms with Crippen molar-refractivity contribution in [2.24, 2.45) is 0 Å². The molecule has 4 heteroatoms. The van der Waals surface area contributed by atoms with Crippen molar-refractivity contribution in [3.05, 3.63) is 27.7 Å². The molecule has 0 heterocycles. The van der Waals surface area contributed by atoms with E-state index in [1.54, 1.807) is 0 Å². The number of anilines is 1. The highest BCUT2D eigenvalue weighted by Crippen LogP contribution is 2.27. The second-order valence-electron chi connectivity index (χ2n) is 3.07. The van der Waals surface area contributed by atoms with Gasteiger partial charge in [-0.15, -0.1) is 11.6 Å². The number of rotatable bonds is 2. The second kappa shape index (κ2) is 4.80. The van der Waals surface area contributed by atoms with Crippen LogP contribution in [0.25, 0.3) is 0 Å². The molecule has 14 heavy (non-hydrogen) atoms. The molecule has 0 atom stereocenters. The molecule has 0 aliphatic rings. The van der Waals surface area contributed by atoms with Crippen molar-refractivity contribution in [3.8, 4) is 0 Å². The molecule has 2 nitrogen and oxygen atoms in total. The molecule has 0 bridgehead atoms. The average molecular weight is 277 g/mol. The van der Waals surface area contributed by atoms with E-state index in [1.165, 1.54) is 6.92 Å². The summed E-state index contributed by atoms with van der Waals surface area (Å²) in [7, 11) is 0. The standard InChI is InChI=1S/C10H11BrClNO/c1-6-3-10(13-7(2)14)9(11)4-8(6)5-12/h3-4H,5H2,1-2H3,(H,13,14). The fourth-order valence-electron chi connectivity index (χ4n) is 1.15. The molecular formula is C10H11BrClNO. The predicted octanol–water partition coefficient (Wildman–Crippen LogP) is 3.45. The summed E-state index contributed by atoms with van der Waals surface area (Å²) in [6.07, 6.45) is 0. The van der Waals surface area contributed by atoms with Gasteiger partial charge >= 0.3 is 0 Å². The maximum atomic E-state index is 10.9. The first kappa shape index (κ1) is 11.5. The van der Waals surface area contributed by atoms with Gasteiger partial charge < -0.3 is 5.32 Å². The lowest BCUT2D eigenvalue weighted by Gasteiger charge is -2.09. The molecule has 1 amide bonds. The van der Waals surface area contributed by atoms with Crippen LogP contribution in [-0.2, 0) is 10.7 Å². The summed E-state index contributed by atoms with van der Waals surface area (Å²) in [5.74, 6) is 0.397. The van der Waals surface area contributed by atoms with E-state index in [0.29, 0.717) is 5.88 Å². The largest absolute Gasteiger partial charge is 0.325 e. The Morgan fingerprint density at radius 3 is 2.71 bits per heavy atom. The molecule has 0 spiro atoms. The highest BCUT2D eigenvalue weighted by Gasteiger charge is 2.05. The Morgan fingerprint density at radius 2 is 2.21 bits per heavy atom. The number of hydrogen-bond donors (Lipinski definition) is 1. The van der Waals surface area contributed by atoms with Crippen LogP contribution >= 0.6 is 27.5 Å². The lowest BCUT2D eigenvalue weighted by atomic mass is 10.1. The molecule has 0 unspecified atom stereocenters. The van der Waals surface area contributed by atoms with Gasteiger partial charge in [0.05, 0.1) is 5.69 Å². The van der Waals surface area contributed by atoms with E-state index in [0.717, 1.165) is 21.3 Å². The maximum absolute atomic E-state index is 10.9. The summed E-state index contributed by atoms with van der Waals surface area (Å²) in [6.45, 7) is 3.45. The minimum Gasteiger partial charge on any atom is -0.325 e. The minimum absolute atomic E-state index is 0.0799. The normalized spacial score (nSPS) is 10.0. The molecule has 0 aromatic heterocycles. The number of amides is 1. The van der Waals surface area contributed by atoms with Crippen molar-refractivity contribution < 1.29 is 4.79 Å². The van der Waals surface area contributed by atoms with E-state index in [1.807, 2.05) is 19.1 Å². The summed E-state index contributed by atoms with van der Waals surface area (Å²) in [4.78, 5) is 10.9. The van der Waals surface area contributed by atoms with Gasteiger partial charge in [-0.2, -0.15) is 0 Å². The molecule has 0 radical (unpaired) electrons. The van der Waals surface area contributed by atoms with Crippen LogP contribution in [0.4, 0.5) is 5.69 Å². The summed E-state index contributed by atoms with van der Waals surface area (Å²) < 4.78 is 0.856. The quantitative estimate of drug-likeness (QED) is 0.824.